The van der Waals surface area contributed by atoms with Gasteiger partial charge in [-0.25, -0.2) is 5.43 Å². The van der Waals surface area contributed by atoms with Crippen LogP contribution >= 0.6 is 0 Å². The van der Waals surface area contributed by atoms with Gasteiger partial charge in [-0.3, -0.25) is 19.7 Å². The maximum absolute atomic E-state index is 11.7. The lowest BCUT2D eigenvalue weighted by molar-refractivity contribution is -0.385. The van der Waals surface area contributed by atoms with Crippen LogP contribution in [-0.4, -0.2) is 30.1 Å². The summed E-state index contributed by atoms with van der Waals surface area (Å²) in [6, 6.07) is 12.3. The van der Waals surface area contributed by atoms with E-state index in [0.29, 0.717) is 11.4 Å². The third-order valence-corrected chi connectivity index (χ3v) is 3.06. The summed E-state index contributed by atoms with van der Waals surface area (Å²) in [7, 11) is 1.51. The Labute approximate surface area is 142 Å². The second-order valence-corrected chi connectivity index (χ2v) is 4.70. The third kappa shape index (κ3) is 4.86. The first kappa shape index (κ1) is 17.6. The number of rotatable bonds is 5. The van der Waals surface area contributed by atoms with Crippen molar-refractivity contribution in [1.82, 2.24) is 5.43 Å². The monoisotopic (exact) mass is 342 g/mol. The van der Waals surface area contributed by atoms with Gasteiger partial charge in [0, 0.05) is 11.8 Å². The van der Waals surface area contributed by atoms with E-state index in [0.717, 1.165) is 6.21 Å². The summed E-state index contributed by atoms with van der Waals surface area (Å²) >= 11 is 0. The van der Waals surface area contributed by atoms with Gasteiger partial charge >= 0.3 is 11.8 Å². The molecule has 2 aromatic carbocycles. The van der Waals surface area contributed by atoms with E-state index < -0.39 is 16.7 Å². The summed E-state index contributed by atoms with van der Waals surface area (Å²) in [5.74, 6) is -1.33. The zero-order valence-electron chi connectivity index (χ0n) is 13.1. The second-order valence-electron chi connectivity index (χ2n) is 4.70. The van der Waals surface area contributed by atoms with Crippen LogP contribution in [0, 0.1) is 10.1 Å². The van der Waals surface area contributed by atoms with E-state index in [-0.39, 0.29) is 11.3 Å². The smallest absolute Gasteiger partial charge is 0.329 e. The van der Waals surface area contributed by atoms with Crippen molar-refractivity contribution in [3.05, 3.63) is 64.2 Å². The van der Waals surface area contributed by atoms with Crippen LogP contribution < -0.4 is 15.5 Å². The maximum atomic E-state index is 11.7. The Morgan fingerprint density at radius 3 is 2.44 bits per heavy atom. The molecule has 0 radical (unpaired) electrons. The van der Waals surface area contributed by atoms with Gasteiger partial charge in [0.05, 0.1) is 23.8 Å². The number of ether oxygens (including phenoxy) is 1. The average molecular weight is 342 g/mol. The Hall–Kier alpha value is -3.75. The second kappa shape index (κ2) is 8.20. The highest BCUT2D eigenvalue weighted by Crippen LogP contribution is 2.15. The van der Waals surface area contributed by atoms with Crippen molar-refractivity contribution in [1.29, 1.82) is 0 Å². The van der Waals surface area contributed by atoms with Gasteiger partial charge in [0.25, 0.3) is 5.69 Å². The normalized spacial score (nSPS) is 10.3. The highest BCUT2D eigenvalue weighted by Gasteiger charge is 2.14. The molecule has 0 bridgehead atoms. The molecule has 25 heavy (non-hydrogen) atoms. The van der Waals surface area contributed by atoms with Crippen LogP contribution in [0.5, 0.6) is 5.75 Å². The SMILES string of the molecule is COc1ccc(NC(=O)C(=O)N/N=C/c2ccccc2[N+](=O)[O-])cc1. The third-order valence-electron chi connectivity index (χ3n) is 3.06. The molecule has 0 aliphatic heterocycles. The maximum Gasteiger partial charge on any atom is 0.329 e. The van der Waals surface area contributed by atoms with Gasteiger partial charge in [-0.1, -0.05) is 12.1 Å². The topological polar surface area (TPSA) is 123 Å². The number of methoxy groups -OCH3 is 1. The van der Waals surface area contributed by atoms with Crippen molar-refractivity contribution >= 4 is 29.4 Å². The molecule has 0 aromatic heterocycles. The highest BCUT2D eigenvalue weighted by molar-refractivity contribution is 6.39. The minimum atomic E-state index is -1.01. The summed E-state index contributed by atoms with van der Waals surface area (Å²) in [4.78, 5) is 33.7. The van der Waals surface area contributed by atoms with Crippen molar-refractivity contribution in [2.45, 2.75) is 0 Å². The minimum absolute atomic E-state index is 0.164. The summed E-state index contributed by atoms with van der Waals surface area (Å²) < 4.78 is 4.98. The van der Waals surface area contributed by atoms with Crippen molar-refractivity contribution in [2.75, 3.05) is 12.4 Å². The lowest BCUT2D eigenvalue weighted by Gasteiger charge is -2.05. The van der Waals surface area contributed by atoms with E-state index in [1.54, 1.807) is 30.3 Å². The molecule has 0 heterocycles. The van der Waals surface area contributed by atoms with E-state index in [9.17, 15) is 19.7 Å². The number of nitrogens with one attached hydrogen (secondary N) is 2. The van der Waals surface area contributed by atoms with Crippen LogP contribution in [0.25, 0.3) is 0 Å². The van der Waals surface area contributed by atoms with Gasteiger partial charge in [-0.2, -0.15) is 5.10 Å². The number of para-hydroxylation sites is 1. The lowest BCUT2D eigenvalue weighted by Crippen LogP contribution is -2.32. The summed E-state index contributed by atoms with van der Waals surface area (Å²) in [5, 5.41) is 16.8. The molecule has 2 aromatic rings. The van der Waals surface area contributed by atoms with Crippen LogP contribution in [0.1, 0.15) is 5.56 Å². The van der Waals surface area contributed by atoms with Gasteiger partial charge in [0.2, 0.25) is 0 Å². The number of anilines is 1. The molecule has 2 rings (SSSR count). The number of nitro benzene ring substituents is 1. The number of carbonyl (C=O) groups excluding carboxylic acids is 2. The molecular formula is C16H14N4O5. The van der Waals surface area contributed by atoms with Crippen LogP contribution in [0.15, 0.2) is 53.6 Å². The molecule has 0 aliphatic rings. The summed E-state index contributed by atoms with van der Waals surface area (Å²) in [5.41, 5.74) is 2.45. The predicted octanol–water partition coefficient (Wildman–Crippen LogP) is 1.69. The fourth-order valence-electron chi connectivity index (χ4n) is 1.84. The van der Waals surface area contributed by atoms with Crippen molar-refractivity contribution in [3.63, 3.8) is 0 Å². The van der Waals surface area contributed by atoms with E-state index in [4.69, 9.17) is 4.74 Å². The largest absolute Gasteiger partial charge is 0.497 e. The van der Waals surface area contributed by atoms with Crippen LogP contribution in [-0.2, 0) is 9.59 Å². The molecule has 9 heteroatoms. The first-order valence-corrected chi connectivity index (χ1v) is 7.03. The fourth-order valence-corrected chi connectivity index (χ4v) is 1.84. The summed E-state index contributed by atoms with van der Waals surface area (Å²) in [6.45, 7) is 0. The van der Waals surface area contributed by atoms with Crippen molar-refractivity contribution in [3.8, 4) is 5.75 Å². The Balaban J connectivity index is 1.95. The quantitative estimate of drug-likeness (QED) is 0.370. The molecule has 9 nitrogen and oxygen atoms in total. The Kier molecular flexibility index (Phi) is 5.77. The molecule has 0 saturated carbocycles. The molecule has 0 aliphatic carbocycles. The number of nitrogens with zero attached hydrogens (tertiary/aromatic N) is 2. The minimum Gasteiger partial charge on any atom is -0.497 e. The fraction of sp³-hybridized carbons (Fsp3) is 0.0625. The number of hydrogen-bond acceptors (Lipinski definition) is 6. The Bertz CT molecular complexity index is 818. The molecule has 0 spiro atoms. The number of amides is 2. The number of nitro groups is 1. The predicted molar refractivity (Wildman–Crippen MR) is 90.5 cm³/mol. The van der Waals surface area contributed by atoms with Gasteiger partial charge in [-0.05, 0) is 30.3 Å². The Morgan fingerprint density at radius 1 is 1.12 bits per heavy atom. The van der Waals surface area contributed by atoms with Gasteiger partial charge in [0.1, 0.15) is 5.75 Å². The molecule has 0 unspecified atom stereocenters. The number of hydrogen-bond donors (Lipinski definition) is 2. The first-order valence-electron chi connectivity index (χ1n) is 7.03. The first-order chi connectivity index (χ1) is 12.0. The molecule has 0 atom stereocenters. The molecule has 0 saturated heterocycles. The zero-order chi connectivity index (χ0) is 18.2. The zero-order valence-corrected chi connectivity index (χ0v) is 13.1. The molecule has 2 amide bonds. The van der Waals surface area contributed by atoms with Crippen LogP contribution in [0.4, 0.5) is 11.4 Å². The van der Waals surface area contributed by atoms with Crippen molar-refractivity contribution in [2.24, 2.45) is 5.10 Å². The number of carbonyl (C=O) groups is 2. The number of hydrazone groups is 1. The highest BCUT2D eigenvalue weighted by atomic mass is 16.6. The van der Waals surface area contributed by atoms with E-state index in [1.165, 1.54) is 25.3 Å². The van der Waals surface area contributed by atoms with Gasteiger partial charge < -0.3 is 10.1 Å². The molecule has 128 valence electrons. The van der Waals surface area contributed by atoms with Crippen LogP contribution in [0.2, 0.25) is 0 Å². The van der Waals surface area contributed by atoms with Crippen LogP contribution in [0.3, 0.4) is 0 Å². The van der Waals surface area contributed by atoms with Gasteiger partial charge in [0.15, 0.2) is 0 Å². The summed E-state index contributed by atoms with van der Waals surface area (Å²) in [6.07, 6.45) is 1.09. The molecular weight excluding hydrogens is 328 g/mol. The molecule has 0 fully saturated rings. The van der Waals surface area contributed by atoms with Gasteiger partial charge in [-0.15, -0.1) is 0 Å². The standard InChI is InChI=1S/C16H14N4O5/c1-25-13-8-6-12(7-9-13)18-15(21)16(22)19-17-10-11-4-2-3-5-14(11)20(23)24/h2-10H,1H3,(H,18,21)(H,19,22)/b17-10+. The lowest BCUT2D eigenvalue weighted by atomic mass is 10.2. The molecule has 2 N–H and O–H groups in total. The average Bonchev–Trinajstić information content (AvgIpc) is 2.62. The van der Waals surface area contributed by atoms with Crippen molar-refractivity contribution < 1.29 is 19.2 Å². The Morgan fingerprint density at radius 2 is 1.80 bits per heavy atom. The number of benzene rings is 2. The van der Waals surface area contributed by atoms with E-state index >= 15 is 0 Å². The van der Waals surface area contributed by atoms with E-state index in [1.807, 2.05) is 5.43 Å². The van der Waals surface area contributed by atoms with E-state index in [2.05, 4.69) is 10.4 Å².